The van der Waals surface area contributed by atoms with Gasteiger partial charge in [-0.25, -0.2) is 0 Å². The first-order valence-electron chi connectivity index (χ1n) is 7.40. The van der Waals surface area contributed by atoms with E-state index in [1.807, 2.05) is 25.1 Å². The van der Waals surface area contributed by atoms with Crippen LogP contribution in [0.15, 0.2) is 54.2 Å². The summed E-state index contributed by atoms with van der Waals surface area (Å²) in [5.74, 6) is 0.0184. The summed E-state index contributed by atoms with van der Waals surface area (Å²) in [7, 11) is 0. The average Bonchev–Trinajstić information content (AvgIpc) is 2.61. The number of hydrogen-bond acceptors (Lipinski definition) is 4. The largest absolute Gasteiger partial charge is 0.492 e. The van der Waals surface area contributed by atoms with E-state index in [0.29, 0.717) is 28.8 Å². The molecular weight excluding hydrogens is 361 g/mol. The molecule has 7 heteroatoms. The maximum atomic E-state index is 12.3. The summed E-state index contributed by atoms with van der Waals surface area (Å²) in [6.07, 6.45) is 1.31. The molecular formula is C18H15Cl2N3O2. The van der Waals surface area contributed by atoms with Crippen LogP contribution in [-0.2, 0) is 4.79 Å². The van der Waals surface area contributed by atoms with Gasteiger partial charge < -0.3 is 15.4 Å². The molecule has 0 unspecified atom stereocenters. The van der Waals surface area contributed by atoms with Crippen LogP contribution in [0.5, 0.6) is 5.75 Å². The van der Waals surface area contributed by atoms with E-state index in [1.54, 1.807) is 30.3 Å². The highest BCUT2D eigenvalue weighted by Crippen LogP contribution is 2.30. The topological polar surface area (TPSA) is 74.1 Å². The monoisotopic (exact) mass is 375 g/mol. The second-order valence-electron chi connectivity index (χ2n) is 4.80. The van der Waals surface area contributed by atoms with Gasteiger partial charge in [-0.05, 0) is 31.2 Å². The summed E-state index contributed by atoms with van der Waals surface area (Å²) in [6.45, 7) is 2.37. The summed E-state index contributed by atoms with van der Waals surface area (Å²) in [5, 5.41) is 15.2. The highest BCUT2D eigenvalue weighted by molar-refractivity contribution is 6.44. The van der Waals surface area contributed by atoms with E-state index in [9.17, 15) is 10.1 Å². The number of rotatable bonds is 6. The van der Waals surface area contributed by atoms with Crippen molar-refractivity contribution in [1.29, 1.82) is 5.26 Å². The number of amides is 1. The van der Waals surface area contributed by atoms with E-state index in [4.69, 9.17) is 27.9 Å². The Labute approximate surface area is 155 Å². The molecule has 2 aromatic carbocycles. The van der Waals surface area contributed by atoms with Crippen molar-refractivity contribution in [3.8, 4) is 11.8 Å². The first-order valence-corrected chi connectivity index (χ1v) is 8.16. The smallest absolute Gasteiger partial charge is 0.267 e. The predicted octanol–water partition coefficient (Wildman–Crippen LogP) is 4.85. The second kappa shape index (κ2) is 8.97. The standard InChI is InChI=1S/C18H15Cl2N3O2/c1-2-25-16-9-4-3-7-14(16)22-11-12(10-21)18(24)23-15-8-5-6-13(19)17(15)20/h3-9,11,22H,2H2,1H3,(H,23,24)/b12-11-. The van der Waals surface area contributed by atoms with Crippen LogP contribution in [-0.4, -0.2) is 12.5 Å². The van der Waals surface area contributed by atoms with Gasteiger partial charge in [0, 0.05) is 6.20 Å². The molecule has 0 radical (unpaired) electrons. The number of carbonyl (C=O) groups is 1. The third kappa shape index (κ3) is 4.90. The number of nitriles is 1. The van der Waals surface area contributed by atoms with E-state index < -0.39 is 5.91 Å². The Kier molecular flexibility index (Phi) is 6.70. The van der Waals surface area contributed by atoms with Crippen LogP contribution >= 0.6 is 23.2 Å². The Hall–Kier alpha value is -2.68. The molecule has 0 aliphatic carbocycles. The average molecular weight is 376 g/mol. The molecule has 0 aliphatic heterocycles. The maximum Gasteiger partial charge on any atom is 0.267 e. The molecule has 0 aliphatic rings. The molecule has 0 heterocycles. The number of para-hydroxylation sites is 2. The van der Waals surface area contributed by atoms with Crippen molar-refractivity contribution >= 4 is 40.5 Å². The summed E-state index contributed by atoms with van der Waals surface area (Å²) in [6, 6.07) is 13.9. The lowest BCUT2D eigenvalue weighted by Crippen LogP contribution is -2.15. The zero-order chi connectivity index (χ0) is 18.2. The van der Waals surface area contributed by atoms with Gasteiger partial charge in [0.25, 0.3) is 5.91 Å². The molecule has 1 amide bonds. The molecule has 0 spiro atoms. The predicted molar refractivity (Wildman–Crippen MR) is 100 cm³/mol. The third-order valence-corrected chi connectivity index (χ3v) is 3.94. The lowest BCUT2D eigenvalue weighted by Gasteiger charge is -2.10. The van der Waals surface area contributed by atoms with Crippen LogP contribution in [0, 0.1) is 11.3 Å². The zero-order valence-electron chi connectivity index (χ0n) is 13.3. The van der Waals surface area contributed by atoms with E-state index in [-0.39, 0.29) is 10.6 Å². The fourth-order valence-corrected chi connectivity index (χ4v) is 2.30. The molecule has 2 aromatic rings. The zero-order valence-corrected chi connectivity index (χ0v) is 14.9. The van der Waals surface area contributed by atoms with Crippen molar-refractivity contribution in [3.05, 3.63) is 64.3 Å². The Morgan fingerprint density at radius 2 is 1.92 bits per heavy atom. The molecule has 0 saturated heterocycles. The molecule has 5 nitrogen and oxygen atoms in total. The minimum atomic E-state index is -0.604. The minimum Gasteiger partial charge on any atom is -0.492 e. The quantitative estimate of drug-likeness (QED) is 0.558. The molecule has 25 heavy (non-hydrogen) atoms. The van der Waals surface area contributed by atoms with Gasteiger partial charge in [0.2, 0.25) is 0 Å². The van der Waals surface area contributed by atoms with Gasteiger partial charge in [-0.3, -0.25) is 4.79 Å². The number of benzene rings is 2. The maximum absolute atomic E-state index is 12.3. The number of carbonyl (C=O) groups excluding carboxylic acids is 1. The highest BCUT2D eigenvalue weighted by Gasteiger charge is 2.13. The van der Waals surface area contributed by atoms with E-state index in [0.717, 1.165) is 0 Å². The first kappa shape index (κ1) is 18.7. The van der Waals surface area contributed by atoms with Crippen LogP contribution < -0.4 is 15.4 Å². The van der Waals surface area contributed by atoms with Crippen molar-refractivity contribution in [2.45, 2.75) is 6.92 Å². The van der Waals surface area contributed by atoms with Crippen LogP contribution in [0.4, 0.5) is 11.4 Å². The van der Waals surface area contributed by atoms with Gasteiger partial charge >= 0.3 is 0 Å². The third-order valence-electron chi connectivity index (χ3n) is 3.12. The molecule has 2 N–H and O–H groups in total. The summed E-state index contributed by atoms with van der Waals surface area (Å²) in [4.78, 5) is 12.3. The van der Waals surface area contributed by atoms with Crippen molar-refractivity contribution in [2.24, 2.45) is 0 Å². The normalized spacial score (nSPS) is 10.7. The van der Waals surface area contributed by atoms with E-state index in [2.05, 4.69) is 10.6 Å². The number of nitrogens with zero attached hydrogens (tertiary/aromatic N) is 1. The van der Waals surface area contributed by atoms with Gasteiger partial charge in [0.15, 0.2) is 0 Å². The molecule has 2 rings (SSSR count). The lowest BCUT2D eigenvalue weighted by molar-refractivity contribution is -0.112. The summed E-state index contributed by atoms with van der Waals surface area (Å²) in [5.41, 5.74) is 0.850. The fraction of sp³-hybridized carbons (Fsp3) is 0.111. The van der Waals surface area contributed by atoms with Crippen molar-refractivity contribution in [2.75, 3.05) is 17.2 Å². The fourth-order valence-electron chi connectivity index (χ4n) is 1.96. The summed E-state index contributed by atoms with van der Waals surface area (Å²) >= 11 is 11.9. The molecule has 0 aromatic heterocycles. The number of nitrogens with one attached hydrogen (secondary N) is 2. The molecule has 0 saturated carbocycles. The number of hydrogen-bond donors (Lipinski definition) is 2. The highest BCUT2D eigenvalue weighted by atomic mass is 35.5. The molecule has 0 atom stereocenters. The molecule has 0 bridgehead atoms. The second-order valence-corrected chi connectivity index (χ2v) is 5.58. The Bertz CT molecular complexity index is 844. The SMILES string of the molecule is CCOc1ccccc1N/C=C(/C#N)C(=O)Nc1cccc(Cl)c1Cl. The molecule has 0 fully saturated rings. The van der Waals surface area contributed by atoms with Crippen molar-refractivity contribution in [1.82, 2.24) is 0 Å². The minimum absolute atomic E-state index is 0.123. The Morgan fingerprint density at radius 1 is 1.20 bits per heavy atom. The lowest BCUT2D eigenvalue weighted by atomic mass is 10.2. The van der Waals surface area contributed by atoms with Crippen molar-refractivity contribution in [3.63, 3.8) is 0 Å². The van der Waals surface area contributed by atoms with Gasteiger partial charge in [-0.15, -0.1) is 0 Å². The van der Waals surface area contributed by atoms with Gasteiger partial charge in [-0.1, -0.05) is 41.4 Å². The van der Waals surface area contributed by atoms with Crippen LogP contribution in [0.1, 0.15) is 6.92 Å². The molecule has 128 valence electrons. The van der Waals surface area contributed by atoms with Gasteiger partial charge in [0.05, 0.1) is 28.0 Å². The van der Waals surface area contributed by atoms with Gasteiger partial charge in [-0.2, -0.15) is 5.26 Å². The van der Waals surface area contributed by atoms with Crippen molar-refractivity contribution < 1.29 is 9.53 Å². The Morgan fingerprint density at radius 3 is 2.64 bits per heavy atom. The van der Waals surface area contributed by atoms with E-state index in [1.165, 1.54) is 6.20 Å². The number of anilines is 2. The number of halogens is 2. The first-order chi connectivity index (χ1) is 12.1. The van der Waals surface area contributed by atoms with Crippen LogP contribution in [0.2, 0.25) is 10.0 Å². The Balaban J connectivity index is 2.16. The van der Waals surface area contributed by atoms with Crippen LogP contribution in [0.3, 0.4) is 0 Å². The number of ether oxygens (including phenoxy) is 1. The summed E-state index contributed by atoms with van der Waals surface area (Å²) < 4.78 is 5.48. The van der Waals surface area contributed by atoms with E-state index >= 15 is 0 Å². The van der Waals surface area contributed by atoms with Gasteiger partial charge in [0.1, 0.15) is 17.4 Å². The van der Waals surface area contributed by atoms with Crippen LogP contribution in [0.25, 0.3) is 0 Å².